The summed E-state index contributed by atoms with van der Waals surface area (Å²) < 4.78 is 11.1. The minimum absolute atomic E-state index is 0.0480. The number of carbonyl (C=O) groups excluding carboxylic acids is 1. The summed E-state index contributed by atoms with van der Waals surface area (Å²) in [6.45, 7) is 6.84. The van der Waals surface area contributed by atoms with Crippen LogP contribution in [0.15, 0.2) is 54.1 Å². The van der Waals surface area contributed by atoms with E-state index < -0.39 is 5.97 Å². The predicted octanol–water partition coefficient (Wildman–Crippen LogP) is 5.50. The van der Waals surface area contributed by atoms with Crippen LogP contribution < -0.4 is 9.47 Å². The molecule has 27 heavy (non-hydrogen) atoms. The Labute approximate surface area is 161 Å². The first-order valence-corrected chi connectivity index (χ1v) is 9.21. The molecular formula is C23H25NO3. The van der Waals surface area contributed by atoms with Crippen molar-refractivity contribution in [3.8, 4) is 17.6 Å². The maximum atomic E-state index is 12.4. The van der Waals surface area contributed by atoms with Crippen molar-refractivity contribution in [1.29, 1.82) is 5.26 Å². The molecular weight excluding hydrogens is 338 g/mol. The quantitative estimate of drug-likeness (QED) is 0.204. The van der Waals surface area contributed by atoms with Crippen LogP contribution in [0.3, 0.4) is 0 Å². The van der Waals surface area contributed by atoms with Gasteiger partial charge in [-0.2, -0.15) is 5.26 Å². The van der Waals surface area contributed by atoms with Crippen molar-refractivity contribution in [2.75, 3.05) is 6.61 Å². The molecule has 0 heterocycles. The zero-order chi connectivity index (χ0) is 19.6. The van der Waals surface area contributed by atoms with Gasteiger partial charge in [-0.15, -0.1) is 0 Å². The summed E-state index contributed by atoms with van der Waals surface area (Å²) in [5.74, 6) is 0.809. The largest absolute Gasteiger partial charge is 0.494 e. The van der Waals surface area contributed by atoms with Gasteiger partial charge < -0.3 is 9.47 Å². The number of ether oxygens (including phenoxy) is 2. The second-order valence-electron chi connectivity index (χ2n) is 6.52. The van der Waals surface area contributed by atoms with Crippen molar-refractivity contribution in [1.82, 2.24) is 0 Å². The number of nitrogens with zero attached hydrogens (tertiary/aromatic N) is 1. The highest BCUT2D eigenvalue weighted by Gasteiger charge is 2.15. The van der Waals surface area contributed by atoms with Crippen molar-refractivity contribution in [2.24, 2.45) is 0 Å². The fourth-order valence-corrected chi connectivity index (χ4v) is 2.50. The van der Waals surface area contributed by atoms with Gasteiger partial charge in [0.2, 0.25) is 0 Å². The molecule has 0 saturated carbocycles. The van der Waals surface area contributed by atoms with Crippen molar-refractivity contribution in [3.05, 3.63) is 65.2 Å². The van der Waals surface area contributed by atoms with Gasteiger partial charge in [-0.3, -0.25) is 0 Å². The summed E-state index contributed by atoms with van der Waals surface area (Å²) in [5, 5.41) is 9.37. The van der Waals surface area contributed by atoms with E-state index in [2.05, 4.69) is 6.92 Å². The van der Waals surface area contributed by atoms with Crippen molar-refractivity contribution < 1.29 is 14.3 Å². The van der Waals surface area contributed by atoms with Crippen LogP contribution in [-0.2, 0) is 4.79 Å². The van der Waals surface area contributed by atoms with Crippen molar-refractivity contribution in [3.63, 3.8) is 0 Å². The molecule has 0 saturated heterocycles. The zero-order valence-electron chi connectivity index (χ0n) is 16.1. The lowest BCUT2D eigenvalue weighted by Crippen LogP contribution is -2.11. The number of rotatable bonds is 8. The third-order valence-electron chi connectivity index (χ3n) is 4.04. The molecule has 2 aromatic carbocycles. The molecule has 0 bridgehead atoms. The Balaban J connectivity index is 2.12. The minimum atomic E-state index is -0.658. The minimum Gasteiger partial charge on any atom is -0.494 e. The summed E-state index contributed by atoms with van der Waals surface area (Å²) in [6.07, 6.45) is 3.61. The number of nitriles is 1. The van der Waals surface area contributed by atoms with Crippen LogP contribution in [-0.4, -0.2) is 12.6 Å². The maximum absolute atomic E-state index is 12.4. The number of hydrogen-bond donors (Lipinski definition) is 0. The molecule has 0 aliphatic carbocycles. The molecule has 4 heteroatoms. The van der Waals surface area contributed by atoms with Gasteiger partial charge in [0.15, 0.2) is 0 Å². The second kappa shape index (κ2) is 10.2. The number of hydrogen-bond acceptors (Lipinski definition) is 4. The molecule has 0 atom stereocenters. The highest BCUT2D eigenvalue weighted by Crippen LogP contribution is 2.26. The average molecular weight is 363 g/mol. The number of esters is 1. The van der Waals surface area contributed by atoms with Gasteiger partial charge in [-0.05, 0) is 47.7 Å². The first kappa shape index (κ1) is 20.3. The molecule has 0 aliphatic rings. The molecule has 4 nitrogen and oxygen atoms in total. The zero-order valence-corrected chi connectivity index (χ0v) is 16.1. The Morgan fingerprint density at radius 3 is 2.48 bits per heavy atom. The van der Waals surface area contributed by atoms with E-state index in [0.29, 0.717) is 12.4 Å². The Kier molecular flexibility index (Phi) is 7.63. The highest BCUT2D eigenvalue weighted by molar-refractivity contribution is 5.99. The molecule has 0 aliphatic heterocycles. The lowest BCUT2D eigenvalue weighted by Gasteiger charge is -2.12. The van der Waals surface area contributed by atoms with Crippen LogP contribution in [0.1, 0.15) is 50.7 Å². The summed E-state index contributed by atoms with van der Waals surface area (Å²) >= 11 is 0. The molecule has 0 N–H and O–H groups in total. The third kappa shape index (κ3) is 6.00. The summed E-state index contributed by atoms with van der Waals surface area (Å²) in [5.41, 5.74) is 1.62. The van der Waals surface area contributed by atoms with Crippen LogP contribution in [0.5, 0.6) is 11.5 Å². The number of unbranched alkanes of at least 4 members (excludes halogenated alkanes) is 1. The molecule has 0 radical (unpaired) electrons. The lowest BCUT2D eigenvalue weighted by molar-refractivity contribution is -0.129. The molecule has 0 aromatic heterocycles. The Morgan fingerprint density at radius 1 is 1.15 bits per heavy atom. The summed E-state index contributed by atoms with van der Waals surface area (Å²) in [6, 6.07) is 16.6. The Morgan fingerprint density at radius 2 is 1.85 bits per heavy atom. The van der Waals surface area contributed by atoms with E-state index in [9.17, 15) is 10.1 Å². The maximum Gasteiger partial charge on any atom is 0.354 e. The van der Waals surface area contributed by atoms with Gasteiger partial charge >= 0.3 is 5.97 Å². The van der Waals surface area contributed by atoms with E-state index in [4.69, 9.17) is 9.47 Å². The predicted molar refractivity (Wildman–Crippen MR) is 107 cm³/mol. The van der Waals surface area contributed by atoms with E-state index in [0.717, 1.165) is 29.7 Å². The van der Waals surface area contributed by atoms with E-state index in [-0.39, 0.29) is 11.5 Å². The number of benzene rings is 2. The van der Waals surface area contributed by atoms with Crippen molar-refractivity contribution in [2.45, 2.75) is 39.5 Å². The Hall–Kier alpha value is -3.06. The molecule has 0 unspecified atom stereocenters. The van der Waals surface area contributed by atoms with Gasteiger partial charge in [0.25, 0.3) is 0 Å². The van der Waals surface area contributed by atoms with Crippen LogP contribution in [0.4, 0.5) is 0 Å². The van der Waals surface area contributed by atoms with Gasteiger partial charge in [-0.25, -0.2) is 4.79 Å². The van der Waals surface area contributed by atoms with Crippen LogP contribution in [0.2, 0.25) is 0 Å². The van der Waals surface area contributed by atoms with Gasteiger partial charge in [0.1, 0.15) is 23.1 Å². The van der Waals surface area contributed by atoms with Crippen LogP contribution in [0, 0.1) is 11.3 Å². The SMILES string of the molecule is CCCCOc1ccc(/C=C(\C#N)C(=O)Oc2ccccc2C(C)C)cc1. The Bertz CT molecular complexity index is 829. The van der Waals surface area contributed by atoms with Crippen LogP contribution in [0.25, 0.3) is 6.08 Å². The first-order chi connectivity index (χ1) is 13.0. The number of para-hydroxylation sites is 1. The standard InChI is InChI=1S/C23H25NO3/c1-4-5-14-26-20-12-10-18(11-13-20)15-19(16-24)23(25)27-22-9-7-6-8-21(22)17(2)3/h6-13,15,17H,4-5,14H2,1-3H3/b19-15+. The van der Waals surface area contributed by atoms with E-state index in [1.54, 1.807) is 6.07 Å². The second-order valence-corrected chi connectivity index (χ2v) is 6.52. The van der Waals surface area contributed by atoms with E-state index in [1.807, 2.05) is 62.4 Å². The fraction of sp³-hybridized carbons (Fsp3) is 0.304. The smallest absolute Gasteiger partial charge is 0.354 e. The van der Waals surface area contributed by atoms with Gasteiger partial charge in [0.05, 0.1) is 6.61 Å². The topological polar surface area (TPSA) is 59.3 Å². The van der Waals surface area contributed by atoms with Crippen LogP contribution >= 0.6 is 0 Å². The molecule has 140 valence electrons. The highest BCUT2D eigenvalue weighted by atomic mass is 16.5. The molecule has 0 amide bonds. The summed E-state index contributed by atoms with van der Waals surface area (Å²) in [4.78, 5) is 12.4. The average Bonchev–Trinajstić information content (AvgIpc) is 2.67. The molecule has 2 rings (SSSR count). The summed E-state index contributed by atoms with van der Waals surface area (Å²) in [7, 11) is 0. The molecule has 2 aromatic rings. The molecule has 0 spiro atoms. The normalized spacial score (nSPS) is 11.1. The van der Waals surface area contributed by atoms with E-state index >= 15 is 0 Å². The molecule has 0 fully saturated rings. The van der Waals surface area contributed by atoms with Gasteiger partial charge in [-0.1, -0.05) is 57.5 Å². The first-order valence-electron chi connectivity index (χ1n) is 9.21. The lowest BCUT2D eigenvalue weighted by atomic mass is 10.0. The van der Waals surface area contributed by atoms with Crippen molar-refractivity contribution >= 4 is 12.0 Å². The fourth-order valence-electron chi connectivity index (χ4n) is 2.50. The monoisotopic (exact) mass is 363 g/mol. The van der Waals surface area contributed by atoms with Gasteiger partial charge in [0, 0.05) is 0 Å². The number of carbonyl (C=O) groups is 1. The third-order valence-corrected chi connectivity index (χ3v) is 4.04. The van der Waals surface area contributed by atoms with E-state index in [1.165, 1.54) is 6.08 Å².